The van der Waals surface area contributed by atoms with E-state index < -0.39 is 0 Å². The van der Waals surface area contributed by atoms with Crippen LogP contribution in [0.3, 0.4) is 0 Å². The van der Waals surface area contributed by atoms with Gasteiger partial charge in [-0.2, -0.15) is 0 Å². The third-order valence-electron chi connectivity index (χ3n) is 4.30. The van der Waals surface area contributed by atoms with Crippen LogP contribution in [0.4, 0.5) is 11.4 Å². The Labute approximate surface area is 158 Å². The predicted molar refractivity (Wildman–Crippen MR) is 106 cm³/mol. The molecular weight excluding hydrogens is 340 g/mol. The molecule has 0 aliphatic rings. The van der Waals surface area contributed by atoms with Crippen molar-refractivity contribution >= 4 is 23.2 Å². The molecule has 1 aromatic heterocycles. The van der Waals surface area contributed by atoms with E-state index in [0.717, 1.165) is 16.8 Å². The molecule has 2 N–H and O–H groups in total. The van der Waals surface area contributed by atoms with Crippen LogP contribution in [0, 0.1) is 6.92 Å². The summed E-state index contributed by atoms with van der Waals surface area (Å²) in [6, 6.07) is 16.2. The van der Waals surface area contributed by atoms with Gasteiger partial charge in [-0.3, -0.25) is 9.59 Å². The van der Waals surface area contributed by atoms with Gasteiger partial charge in [-0.25, -0.2) is 0 Å². The number of carbonyl (C=O) groups excluding carboxylic acids is 2. The van der Waals surface area contributed by atoms with E-state index in [9.17, 15) is 9.59 Å². The number of nitrogens with one attached hydrogen (secondary N) is 2. The van der Waals surface area contributed by atoms with Crippen molar-refractivity contribution in [1.82, 2.24) is 0 Å². The zero-order valence-corrected chi connectivity index (χ0v) is 15.6. The van der Waals surface area contributed by atoms with E-state index in [0.29, 0.717) is 17.2 Å². The van der Waals surface area contributed by atoms with Crippen LogP contribution in [0.5, 0.6) is 0 Å². The Balaban J connectivity index is 1.77. The van der Waals surface area contributed by atoms with Crippen LogP contribution in [-0.2, 0) is 0 Å². The smallest absolute Gasteiger partial charge is 0.291 e. The topological polar surface area (TPSA) is 71.3 Å². The Hall–Kier alpha value is -3.34. The second-order valence-electron chi connectivity index (χ2n) is 6.70. The molecule has 0 spiro atoms. The molecule has 2 amide bonds. The number of aryl methyl sites for hydroxylation is 1. The second kappa shape index (κ2) is 7.91. The first-order valence-electron chi connectivity index (χ1n) is 8.81. The number of amides is 2. The SMILES string of the molecule is Cc1ccc(C(=O)Nc2cccc(C(C)C)c2)cc1NC(=O)c1ccco1. The minimum atomic E-state index is -0.356. The van der Waals surface area contributed by atoms with Gasteiger partial charge in [-0.15, -0.1) is 0 Å². The molecule has 0 saturated carbocycles. The van der Waals surface area contributed by atoms with E-state index in [-0.39, 0.29) is 17.6 Å². The Morgan fingerprint density at radius 2 is 1.74 bits per heavy atom. The fourth-order valence-electron chi connectivity index (χ4n) is 2.67. The molecule has 0 aliphatic carbocycles. The molecule has 1 heterocycles. The van der Waals surface area contributed by atoms with Crippen LogP contribution >= 0.6 is 0 Å². The molecule has 3 aromatic rings. The fraction of sp³-hybridized carbons (Fsp3) is 0.182. The van der Waals surface area contributed by atoms with Crippen LogP contribution in [0.1, 0.15) is 51.8 Å². The zero-order chi connectivity index (χ0) is 19.4. The average Bonchev–Trinajstić information content (AvgIpc) is 3.18. The summed E-state index contributed by atoms with van der Waals surface area (Å²) in [6.07, 6.45) is 1.44. The highest BCUT2D eigenvalue weighted by Gasteiger charge is 2.13. The van der Waals surface area contributed by atoms with Gasteiger partial charge in [0.05, 0.1) is 6.26 Å². The maximum absolute atomic E-state index is 12.6. The maximum atomic E-state index is 12.6. The largest absolute Gasteiger partial charge is 0.459 e. The van der Waals surface area contributed by atoms with Crippen molar-refractivity contribution in [3.63, 3.8) is 0 Å². The first-order valence-corrected chi connectivity index (χ1v) is 8.81. The number of rotatable bonds is 5. The molecule has 0 aliphatic heterocycles. The molecule has 0 unspecified atom stereocenters. The molecule has 27 heavy (non-hydrogen) atoms. The van der Waals surface area contributed by atoms with Crippen LogP contribution in [-0.4, -0.2) is 11.8 Å². The minimum absolute atomic E-state index is 0.217. The Bertz CT molecular complexity index is 959. The molecular formula is C22H22N2O3. The molecule has 0 fully saturated rings. The summed E-state index contributed by atoms with van der Waals surface area (Å²) in [7, 11) is 0. The lowest BCUT2D eigenvalue weighted by atomic mass is 10.0. The van der Waals surface area contributed by atoms with Gasteiger partial charge < -0.3 is 15.1 Å². The van der Waals surface area contributed by atoms with Gasteiger partial charge in [-0.1, -0.05) is 32.0 Å². The van der Waals surface area contributed by atoms with Gasteiger partial charge in [0, 0.05) is 16.9 Å². The summed E-state index contributed by atoms with van der Waals surface area (Å²) in [5, 5.41) is 5.69. The summed E-state index contributed by atoms with van der Waals surface area (Å²) in [6.45, 7) is 6.08. The lowest BCUT2D eigenvalue weighted by molar-refractivity contribution is 0.0993. The predicted octanol–water partition coefficient (Wildman–Crippen LogP) is 5.22. The van der Waals surface area contributed by atoms with Crippen LogP contribution in [0.15, 0.2) is 65.3 Å². The second-order valence-corrected chi connectivity index (χ2v) is 6.70. The number of hydrogen-bond acceptors (Lipinski definition) is 3. The van der Waals surface area contributed by atoms with Crippen molar-refractivity contribution in [1.29, 1.82) is 0 Å². The van der Waals surface area contributed by atoms with E-state index in [2.05, 4.69) is 24.5 Å². The lowest BCUT2D eigenvalue weighted by Crippen LogP contribution is -2.15. The zero-order valence-electron chi connectivity index (χ0n) is 15.6. The number of carbonyl (C=O) groups is 2. The first kappa shape index (κ1) is 18.5. The number of benzene rings is 2. The summed E-state index contributed by atoms with van der Waals surface area (Å²) in [5.41, 5.74) is 3.79. The quantitative estimate of drug-likeness (QED) is 0.654. The maximum Gasteiger partial charge on any atom is 0.291 e. The number of furan rings is 1. The average molecular weight is 362 g/mol. The van der Waals surface area contributed by atoms with E-state index >= 15 is 0 Å². The first-order chi connectivity index (χ1) is 12.9. The van der Waals surface area contributed by atoms with Gasteiger partial charge in [0.25, 0.3) is 11.8 Å². The van der Waals surface area contributed by atoms with Crippen molar-refractivity contribution in [2.45, 2.75) is 26.7 Å². The Morgan fingerprint density at radius 1 is 0.926 bits per heavy atom. The molecule has 5 heteroatoms. The Kier molecular flexibility index (Phi) is 5.41. The van der Waals surface area contributed by atoms with Gasteiger partial charge in [-0.05, 0) is 60.4 Å². The number of hydrogen-bond donors (Lipinski definition) is 2. The summed E-state index contributed by atoms with van der Waals surface area (Å²) in [5.74, 6) is 0.00842. The van der Waals surface area contributed by atoms with Gasteiger partial charge in [0.15, 0.2) is 5.76 Å². The molecule has 138 valence electrons. The molecule has 0 atom stereocenters. The van der Waals surface area contributed by atoms with Gasteiger partial charge in [0.2, 0.25) is 0 Å². The fourth-order valence-corrected chi connectivity index (χ4v) is 2.67. The van der Waals surface area contributed by atoms with E-state index in [4.69, 9.17) is 4.42 Å². The standard InChI is InChI=1S/C22H22N2O3/c1-14(2)16-6-4-7-18(12-16)23-21(25)17-10-9-15(3)19(13-17)24-22(26)20-8-5-11-27-20/h4-14H,1-3H3,(H,23,25)(H,24,26). The summed E-state index contributed by atoms with van der Waals surface area (Å²) < 4.78 is 5.10. The molecule has 0 radical (unpaired) electrons. The highest BCUT2D eigenvalue weighted by molar-refractivity contribution is 6.07. The Morgan fingerprint density at radius 3 is 2.44 bits per heavy atom. The third kappa shape index (κ3) is 4.44. The third-order valence-corrected chi connectivity index (χ3v) is 4.30. The highest BCUT2D eigenvalue weighted by atomic mass is 16.3. The molecule has 5 nitrogen and oxygen atoms in total. The van der Waals surface area contributed by atoms with Crippen molar-refractivity contribution in [2.75, 3.05) is 10.6 Å². The molecule has 0 bridgehead atoms. The van der Waals surface area contributed by atoms with Crippen LogP contribution < -0.4 is 10.6 Å². The van der Waals surface area contributed by atoms with Crippen LogP contribution in [0.25, 0.3) is 0 Å². The molecule has 3 rings (SSSR count). The van der Waals surface area contributed by atoms with E-state index in [1.807, 2.05) is 31.2 Å². The van der Waals surface area contributed by atoms with E-state index in [1.165, 1.54) is 6.26 Å². The summed E-state index contributed by atoms with van der Waals surface area (Å²) in [4.78, 5) is 24.8. The monoisotopic (exact) mass is 362 g/mol. The normalized spacial score (nSPS) is 10.7. The van der Waals surface area contributed by atoms with E-state index in [1.54, 1.807) is 30.3 Å². The summed E-state index contributed by atoms with van der Waals surface area (Å²) >= 11 is 0. The van der Waals surface area contributed by atoms with Crippen LogP contribution in [0.2, 0.25) is 0 Å². The molecule has 0 saturated heterocycles. The van der Waals surface area contributed by atoms with Crippen molar-refractivity contribution in [3.8, 4) is 0 Å². The van der Waals surface area contributed by atoms with Crippen molar-refractivity contribution in [2.24, 2.45) is 0 Å². The molecule has 2 aromatic carbocycles. The van der Waals surface area contributed by atoms with Crippen molar-refractivity contribution < 1.29 is 14.0 Å². The van der Waals surface area contributed by atoms with Gasteiger partial charge in [0.1, 0.15) is 0 Å². The van der Waals surface area contributed by atoms with Crippen molar-refractivity contribution in [3.05, 3.63) is 83.3 Å². The lowest BCUT2D eigenvalue weighted by Gasteiger charge is -2.12. The highest BCUT2D eigenvalue weighted by Crippen LogP contribution is 2.21. The minimum Gasteiger partial charge on any atom is -0.459 e. The van der Waals surface area contributed by atoms with Gasteiger partial charge >= 0.3 is 0 Å². The number of anilines is 2.